The molecule has 0 radical (unpaired) electrons. The molecule has 0 unspecified atom stereocenters. The van der Waals surface area contributed by atoms with Gasteiger partial charge in [0, 0.05) is 6.54 Å². The van der Waals surface area contributed by atoms with E-state index < -0.39 is 0 Å². The molecular formula is C15H27N3O. The Hall–Kier alpha value is -1.45. The van der Waals surface area contributed by atoms with Crippen LogP contribution in [0.2, 0.25) is 0 Å². The number of nitrogen functional groups attached to an aromatic ring is 1. The van der Waals surface area contributed by atoms with Crippen LogP contribution in [0.3, 0.4) is 0 Å². The standard InChI is InChI=1S/C15H27N3O/c1-12(2)8-6-4-5-7-11-17-14-10-9-13(16)15(18-14)19-3/h9-10,12H,4-8,11,16H2,1-3H3,(H,17,18). The van der Waals surface area contributed by atoms with Gasteiger partial charge in [-0.3, -0.25) is 0 Å². The van der Waals surface area contributed by atoms with Gasteiger partial charge in [-0.25, -0.2) is 0 Å². The Bertz CT molecular complexity index is 366. The molecule has 19 heavy (non-hydrogen) atoms. The minimum atomic E-state index is 0.488. The lowest BCUT2D eigenvalue weighted by Crippen LogP contribution is -2.05. The highest BCUT2D eigenvalue weighted by Crippen LogP contribution is 2.20. The molecule has 1 rings (SSSR count). The van der Waals surface area contributed by atoms with Crippen molar-refractivity contribution in [3.05, 3.63) is 12.1 Å². The van der Waals surface area contributed by atoms with Crippen LogP contribution in [-0.2, 0) is 0 Å². The van der Waals surface area contributed by atoms with Gasteiger partial charge in [-0.05, 0) is 24.5 Å². The van der Waals surface area contributed by atoms with Gasteiger partial charge in [-0.2, -0.15) is 4.98 Å². The first-order valence-corrected chi connectivity index (χ1v) is 7.18. The van der Waals surface area contributed by atoms with E-state index in [2.05, 4.69) is 24.1 Å². The molecule has 0 saturated heterocycles. The second-order valence-electron chi connectivity index (χ2n) is 5.32. The molecule has 1 aromatic rings. The Labute approximate surface area is 116 Å². The van der Waals surface area contributed by atoms with Crippen LogP contribution in [0.25, 0.3) is 0 Å². The van der Waals surface area contributed by atoms with Crippen LogP contribution in [0.5, 0.6) is 5.88 Å². The fraction of sp³-hybridized carbons (Fsp3) is 0.667. The molecule has 108 valence electrons. The van der Waals surface area contributed by atoms with Gasteiger partial charge in [-0.1, -0.05) is 39.5 Å². The average molecular weight is 265 g/mol. The van der Waals surface area contributed by atoms with E-state index in [9.17, 15) is 0 Å². The molecule has 0 aliphatic rings. The number of hydrogen-bond donors (Lipinski definition) is 2. The van der Waals surface area contributed by atoms with Crippen LogP contribution in [0.15, 0.2) is 12.1 Å². The third-order valence-electron chi connectivity index (χ3n) is 3.10. The summed E-state index contributed by atoms with van der Waals surface area (Å²) >= 11 is 0. The normalized spacial score (nSPS) is 10.7. The molecule has 4 heteroatoms. The quantitative estimate of drug-likeness (QED) is 0.668. The summed E-state index contributed by atoms with van der Waals surface area (Å²) < 4.78 is 5.09. The molecule has 3 N–H and O–H groups in total. The third-order valence-corrected chi connectivity index (χ3v) is 3.10. The minimum Gasteiger partial charge on any atom is -0.479 e. The zero-order valence-corrected chi connectivity index (χ0v) is 12.4. The van der Waals surface area contributed by atoms with Crippen molar-refractivity contribution >= 4 is 11.5 Å². The predicted octanol–water partition coefficient (Wildman–Crippen LogP) is 3.69. The topological polar surface area (TPSA) is 60.2 Å². The van der Waals surface area contributed by atoms with E-state index in [4.69, 9.17) is 10.5 Å². The van der Waals surface area contributed by atoms with Crippen molar-refractivity contribution in [2.24, 2.45) is 5.92 Å². The smallest absolute Gasteiger partial charge is 0.238 e. The molecule has 0 spiro atoms. The van der Waals surface area contributed by atoms with Gasteiger partial charge < -0.3 is 15.8 Å². The fourth-order valence-corrected chi connectivity index (χ4v) is 1.96. The maximum absolute atomic E-state index is 5.72. The van der Waals surface area contributed by atoms with E-state index in [-0.39, 0.29) is 0 Å². The van der Waals surface area contributed by atoms with Gasteiger partial charge in [0.15, 0.2) is 0 Å². The molecule has 1 aromatic heterocycles. The number of rotatable bonds is 9. The number of anilines is 2. The highest BCUT2D eigenvalue weighted by atomic mass is 16.5. The van der Waals surface area contributed by atoms with Crippen molar-refractivity contribution < 1.29 is 4.74 Å². The zero-order chi connectivity index (χ0) is 14.1. The number of unbranched alkanes of at least 4 members (excludes halogenated alkanes) is 3. The Balaban J connectivity index is 2.15. The largest absolute Gasteiger partial charge is 0.479 e. The van der Waals surface area contributed by atoms with Crippen molar-refractivity contribution in [1.29, 1.82) is 0 Å². The third kappa shape index (κ3) is 6.32. The van der Waals surface area contributed by atoms with Crippen LogP contribution in [0.1, 0.15) is 46.0 Å². The van der Waals surface area contributed by atoms with Crippen molar-refractivity contribution in [2.45, 2.75) is 46.0 Å². The van der Waals surface area contributed by atoms with E-state index in [0.717, 1.165) is 18.3 Å². The first-order valence-electron chi connectivity index (χ1n) is 7.18. The molecule has 0 saturated carbocycles. The molecule has 0 fully saturated rings. The lowest BCUT2D eigenvalue weighted by atomic mass is 10.0. The monoisotopic (exact) mass is 265 g/mol. The highest BCUT2D eigenvalue weighted by Gasteiger charge is 2.02. The summed E-state index contributed by atoms with van der Waals surface area (Å²) in [4.78, 5) is 4.29. The lowest BCUT2D eigenvalue weighted by molar-refractivity contribution is 0.401. The molecule has 4 nitrogen and oxygen atoms in total. The molecule has 0 aliphatic carbocycles. The number of hydrogen-bond acceptors (Lipinski definition) is 4. The number of aromatic nitrogens is 1. The van der Waals surface area contributed by atoms with Crippen LogP contribution in [0, 0.1) is 5.92 Å². The summed E-state index contributed by atoms with van der Waals surface area (Å²) in [6.07, 6.45) is 6.44. The molecule has 1 heterocycles. The summed E-state index contributed by atoms with van der Waals surface area (Å²) in [5, 5.41) is 3.30. The van der Waals surface area contributed by atoms with E-state index in [1.165, 1.54) is 32.1 Å². The highest BCUT2D eigenvalue weighted by molar-refractivity contribution is 5.53. The van der Waals surface area contributed by atoms with Gasteiger partial charge in [-0.15, -0.1) is 0 Å². The van der Waals surface area contributed by atoms with Gasteiger partial charge in [0.2, 0.25) is 5.88 Å². The van der Waals surface area contributed by atoms with Crippen LogP contribution < -0.4 is 15.8 Å². The molecule has 0 bridgehead atoms. The van der Waals surface area contributed by atoms with Crippen molar-refractivity contribution in [3.63, 3.8) is 0 Å². The number of nitrogens with two attached hydrogens (primary N) is 1. The molecule has 0 aromatic carbocycles. The van der Waals surface area contributed by atoms with Crippen LogP contribution in [-0.4, -0.2) is 18.6 Å². The SMILES string of the molecule is COc1nc(NCCCCCCC(C)C)ccc1N. The van der Waals surface area contributed by atoms with E-state index in [1.807, 2.05) is 12.1 Å². The minimum absolute atomic E-state index is 0.488. The number of pyridine rings is 1. The summed E-state index contributed by atoms with van der Waals surface area (Å²) in [5.41, 5.74) is 6.29. The average Bonchev–Trinajstić information content (AvgIpc) is 2.39. The van der Waals surface area contributed by atoms with Crippen LogP contribution in [0.4, 0.5) is 11.5 Å². The molecule has 0 aliphatic heterocycles. The lowest BCUT2D eigenvalue weighted by Gasteiger charge is -2.09. The first kappa shape index (κ1) is 15.6. The van der Waals surface area contributed by atoms with Gasteiger partial charge in [0.25, 0.3) is 0 Å². The second kappa shape index (κ2) is 8.62. The van der Waals surface area contributed by atoms with Crippen LogP contribution >= 0.6 is 0 Å². The molecular weight excluding hydrogens is 238 g/mol. The number of ether oxygens (including phenoxy) is 1. The maximum Gasteiger partial charge on any atom is 0.238 e. The summed E-state index contributed by atoms with van der Waals surface area (Å²) in [6.45, 7) is 5.51. The second-order valence-corrected chi connectivity index (χ2v) is 5.32. The number of methoxy groups -OCH3 is 1. The van der Waals surface area contributed by atoms with Crippen molar-refractivity contribution in [3.8, 4) is 5.88 Å². The zero-order valence-electron chi connectivity index (χ0n) is 12.4. The number of nitrogens with zero attached hydrogens (tertiary/aromatic N) is 1. The predicted molar refractivity (Wildman–Crippen MR) is 81.6 cm³/mol. The Morgan fingerprint density at radius 3 is 2.63 bits per heavy atom. The molecule has 0 amide bonds. The van der Waals surface area contributed by atoms with Gasteiger partial charge in [0.05, 0.1) is 12.8 Å². The Kier molecular flexibility index (Phi) is 7.08. The number of nitrogens with one attached hydrogen (secondary N) is 1. The van der Waals surface area contributed by atoms with E-state index in [1.54, 1.807) is 7.11 Å². The summed E-state index contributed by atoms with van der Waals surface area (Å²) in [6, 6.07) is 3.70. The molecule has 0 atom stereocenters. The van der Waals surface area contributed by atoms with E-state index in [0.29, 0.717) is 11.6 Å². The van der Waals surface area contributed by atoms with Gasteiger partial charge >= 0.3 is 0 Å². The summed E-state index contributed by atoms with van der Waals surface area (Å²) in [7, 11) is 1.58. The fourth-order valence-electron chi connectivity index (χ4n) is 1.96. The van der Waals surface area contributed by atoms with E-state index >= 15 is 0 Å². The summed E-state index contributed by atoms with van der Waals surface area (Å²) in [5.74, 6) is 2.14. The van der Waals surface area contributed by atoms with Crippen molar-refractivity contribution in [2.75, 3.05) is 24.7 Å². The first-order chi connectivity index (χ1) is 9.13. The van der Waals surface area contributed by atoms with Gasteiger partial charge in [0.1, 0.15) is 5.82 Å². The van der Waals surface area contributed by atoms with Crippen molar-refractivity contribution in [1.82, 2.24) is 4.98 Å². The Morgan fingerprint density at radius 1 is 1.21 bits per heavy atom. The maximum atomic E-state index is 5.72. The Morgan fingerprint density at radius 2 is 1.95 bits per heavy atom.